The van der Waals surface area contributed by atoms with Crippen LogP contribution in [0.1, 0.15) is 28.2 Å². The molecule has 0 radical (unpaired) electrons. The number of thiophene rings is 1. The molecule has 1 fully saturated rings. The van der Waals surface area contributed by atoms with Gasteiger partial charge in [-0.1, -0.05) is 22.9 Å². The van der Waals surface area contributed by atoms with Gasteiger partial charge >= 0.3 is 0 Å². The minimum absolute atomic E-state index is 0.0206. The molecule has 184 valence electrons. The highest BCUT2D eigenvalue weighted by Gasteiger charge is 2.22. The van der Waals surface area contributed by atoms with Gasteiger partial charge in [0.05, 0.1) is 27.1 Å². The fourth-order valence-corrected chi connectivity index (χ4v) is 5.40. The Labute approximate surface area is 208 Å². The van der Waals surface area contributed by atoms with E-state index in [0.717, 1.165) is 54.7 Å². The van der Waals surface area contributed by atoms with Gasteiger partial charge < -0.3 is 25.7 Å². The van der Waals surface area contributed by atoms with Gasteiger partial charge in [0.1, 0.15) is 17.5 Å². The molecule has 4 rings (SSSR count). The van der Waals surface area contributed by atoms with Crippen LogP contribution in [0.25, 0.3) is 0 Å². The minimum atomic E-state index is -2.70. The van der Waals surface area contributed by atoms with Crippen molar-refractivity contribution in [2.75, 3.05) is 54.9 Å². The van der Waals surface area contributed by atoms with Gasteiger partial charge in [-0.25, -0.2) is 23.7 Å². The minimum Gasteiger partial charge on any atom is -0.395 e. The lowest BCUT2D eigenvalue weighted by Gasteiger charge is -2.35. The Morgan fingerprint density at radius 2 is 2.00 bits per heavy atom. The van der Waals surface area contributed by atoms with Gasteiger partial charge in [-0.3, -0.25) is 4.90 Å². The van der Waals surface area contributed by atoms with E-state index in [1.807, 2.05) is 13.0 Å². The molecule has 0 aromatic carbocycles. The quantitative estimate of drug-likeness (QED) is 0.306. The van der Waals surface area contributed by atoms with Crippen LogP contribution in [0.5, 0.6) is 0 Å². The first-order valence-electron chi connectivity index (χ1n) is 10.5. The molecule has 1 saturated heterocycles. The van der Waals surface area contributed by atoms with Gasteiger partial charge in [0.15, 0.2) is 11.4 Å². The van der Waals surface area contributed by atoms with E-state index in [1.54, 1.807) is 0 Å². The third kappa shape index (κ3) is 5.90. The third-order valence-corrected chi connectivity index (χ3v) is 7.60. The molecule has 1 unspecified atom stereocenters. The van der Waals surface area contributed by atoms with Crippen molar-refractivity contribution in [1.82, 2.24) is 19.9 Å². The summed E-state index contributed by atoms with van der Waals surface area (Å²) in [5.41, 5.74) is 0.0206. The number of thiazole rings is 1. The summed E-state index contributed by atoms with van der Waals surface area (Å²) >= 11 is 8.00. The summed E-state index contributed by atoms with van der Waals surface area (Å²) in [5, 5.41) is 27.4. The number of halogens is 3. The topological polar surface area (TPSA) is 110 Å². The molecule has 0 spiro atoms. The van der Waals surface area contributed by atoms with Crippen molar-refractivity contribution < 1.29 is 19.0 Å². The van der Waals surface area contributed by atoms with Crippen molar-refractivity contribution in [3.8, 4) is 0 Å². The number of rotatable bonds is 9. The largest absolute Gasteiger partial charge is 0.395 e. The van der Waals surface area contributed by atoms with E-state index in [-0.39, 0.29) is 22.2 Å². The molecule has 4 N–H and O–H groups in total. The first-order valence-corrected chi connectivity index (χ1v) is 12.6. The maximum absolute atomic E-state index is 13.2. The molecule has 34 heavy (non-hydrogen) atoms. The van der Waals surface area contributed by atoms with E-state index in [9.17, 15) is 13.9 Å². The zero-order chi connectivity index (χ0) is 24.2. The van der Waals surface area contributed by atoms with Crippen LogP contribution in [0.15, 0.2) is 17.6 Å². The van der Waals surface area contributed by atoms with Crippen molar-refractivity contribution in [2.45, 2.75) is 19.6 Å². The number of aryl methyl sites for hydroxylation is 1. The molecule has 9 nitrogen and oxygen atoms in total. The maximum Gasteiger partial charge on any atom is 0.274 e. The number of alkyl halides is 2. The standard InChI is InChI=1S/C20H24ClF2N7O2S2/c1-11-25-14(8-15(26-11)30-4-2-29(3-5-30)6-7-31)27-20-24-9-13(34-20)19(32)28-16-12(21)10-33-17(16)18(22)23/h8-10,18-19,28,31-32H,2-7H2,1H3,(H,24,25,26,27). The van der Waals surface area contributed by atoms with Crippen LogP contribution in [0.4, 0.5) is 31.2 Å². The Morgan fingerprint density at radius 1 is 1.24 bits per heavy atom. The number of nitrogens with zero attached hydrogens (tertiary/aromatic N) is 5. The van der Waals surface area contributed by atoms with Crippen LogP contribution in [-0.4, -0.2) is 69.4 Å². The molecule has 1 atom stereocenters. The van der Waals surface area contributed by atoms with E-state index in [1.165, 1.54) is 11.6 Å². The van der Waals surface area contributed by atoms with Crippen LogP contribution in [-0.2, 0) is 0 Å². The lowest BCUT2D eigenvalue weighted by molar-refractivity contribution is 0.155. The molecule has 3 aromatic heterocycles. The van der Waals surface area contributed by atoms with E-state index in [0.29, 0.717) is 28.2 Å². The van der Waals surface area contributed by atoms with Crippen LogP contribution < -0.4 is 15.5 Å². The van der Waals surface area contributed by atoms with Crippen LogP contribution in [0, 0.1) is 6.92 Å². The second-order valence-electron chi connectivity index (χ2n) is 7.57. The predicted octanol–water partition coefficient (Wildman–Crippen LogP) is 3.85. The number of anilines is 4. The zero-order valence-electron chi connectivity index (χ0n) is 18.2. The molecule has 0 bridgehead atoms. The number of piperazine rings is 1. The number of aliphatic hydroxyl groups excluding tert-OH is 2. The van der Waals surface area contributed by atoms with E-state index in [2.05, 4.69) is 35.4 Å². The maximum atomic E-state index is 13.2. The van der Waals surface area contributed by atoms with Crippen molar-refractivity contribution in [1.29, 1.82) is 0 Å². The average molecular weight is 532 g/mol. The lowest BCUT2D eigenvalue weighted by Crippen LogP contribution is -2.47. The SMILES string of the molecule is Cc1nc(Nc2ncc(C(O)Nc3c(Cl)csc3C(F)F)s2)cc(N2CCN(CCO)CC2)n1. The Balaban J connectivity index is 1.43. The molecule has 4 heterocycles. The van der Waals surface area contributed by atoms with Gasteiger partial charge in [-0.2, -0.15) is 0 Å². The lowest BCUT2D eigenvalue weighted by atomic mass is 10.3. The van der Waals surface area contributed by atoms with Crippen LogP contribution in [0.2, 0.25) is 5.02 Å². The smallest absolute Gasteiger partial charge is 0.274 e. The molecular weight excluding hydrogens is 508 g/mol. The first kappa shape index (κ1) is 24.9. The summed E-state index contributed by atoms with van der Waals surface area (Å²) in [7, 11) is 0. The van der Waals surface area contributed by atoms with E-state index < -0.39 is 12.7 Å². The Hall–Kier alpha value is -2.16. The normalized spacial score (nSPS) is 15.7. The summed E-state index contributed by atoms with van der Waals surface area (Å²) in [6.45, 7) is 5.89. The first-order chi connectivity index (χ1) is 16.3. The van der Waals surface area contributed by atoms with Gasteiger partial charge in [0, 0.05) is 50.4 Å². The van der Waals surface area contributed by atoms with Gasteiger partial charge in [0.2, 0.25) is 0 Å². The second-order valence-corrected chi connectivity index (χ2v) is 9.95. The monoisotopic (exact) mass is 531 g/mol. The molecule has 0 saturated carbocycles. The zero-order valence-corrected chi connectivity index (χ0v) is 20.6. The van der Waals surface area contributed by atoms with Crippen LogP contribution >= 0.6 is 34.3 Å². The molecule has 0 amide bonds. The second kappa shape index (κ2) is 11.1. The molecule has 1 aliphatic heterocycles. The van der Waals surface area contributed by atoms with Crippen LogP contribution in [0.3, 0.4) is 0 Å². The summed E-state index contributed by atoms with van der Waals surface area (Å²) in [6.07, 6.45) is -2.49. The fraction of sp³-hybridized carbons (Fsp3) is 0.450. The molecule has 14 heteroatoms. The summed E-state index contributed by atoms with van der Waals surface area (Å²) in [6, 6.07) is 1.84. The number of nitrogens with one attached hydrogen (secondary N) is 2. The Kier molecular flexibility index (Phi) is 8.11. The Bertz CT molecular complexity index is 1110. The number of aromatic nitrogens is 3. The third-order valence-electron chi connectivity index (χ3n) is 5.22. The molecule has 0 aliphatic carbocycles. The number of hydrogen-bond acceptors (Lipinski definition) is 11. The van der Waals surface area contributed by atoms with Crippen molar-refractivity contribution in [2.24, 2.45) is 0 Å². The molecule has 3 aromatic rings. The molecular formula is C20H24ClF2N7O2S2. The summed E-state index contributed by atoms with van der Waals surface area (Å²) < 4.78 is 26.4. The van der Waals surface area contributed by atoms with E-state index >= 15 is 0 Å². The highest BCUT2D eigenvalue weighted by Crippen LogP contribution is 2.40. The average Bonchev–Trinajstić information content (AvgIpc) is 3.41. The van der Waals surface area contributed by atoms with Gasteiger partial charge in [-0.15, -0.1) is 11.3 Å². The summed E-state index contributed by atoms with van der Waals surface area (Å²) in [4.78, 5) is 17.8. The van der Waals surface area contributed by atoms with Crippen molar-refractivity contribution >= 4 is 56.7 Å². The summed E-state index contributed by atoms with van der Waals surface area (Å²) in [5.74, 6) is 1.95. The highest BCUT2D eigenvalue weighted by molar-refractivity contribution is 7.15. The number of β-amino-alcohol motifs (C(OH)–C–C–N with tert-alkyl or cyclic N) is 1. The van der Waals surface area contributed by atoms with Crippen molar-refractivity contribution in [3.05, 3.63) is 38.2 Å². The predicted molar refractivity (Wildman–Crippen MR) is 131 cm³/mol. The van der Waals surface area contributed by atoms with E-state index in [4.69, 9.17) is 16.7 Å². The Morgan fingerprint density at radius 3 is 2.71 bits per heavy atom. The van der Waals surface area contributed by atoms with Gasteiger partial charge in [0.25, 0.3) is 6.43 Å². The number of aliphatic hydroxyl groups is 2. The molecule has 1 aliphatic rings. The highest BCUT2D eigenvalue weighted by atomic mass is 35.5. The number of hydrogen-bond donors (Lipinski definition) is 4. The fourth-order valence-electron chi connectivity index (χ4n) is 3.56. The van der Waals surface area contributed by atoms with Crippen molar-refractivity contribution in [3.63, 3.8) is 0 Å². The van der Waals surface area contributed by atoms with Gasteiger partial charge in [-0.05, 0) is 6.92 Å².